The number of anilines is 1. The number of alkyl halides is 2. The van der Waals surface area contributed by atoms with Gasteiger partial charge in [0.05, 0.1) is 28.6 Å². The molecule has 258 valence electrons. The number of phenols is 1. The second kappa shape index (κ2) is 15.1. The van der Waals surface area contributed by atoms with Crippen LogP contribution in [-0.4, -0.2) is 63.1 Å². The molecular weight excluding hydrogens is 697 g/mol. The highest BCUT2D eigenvalue weighted by Gasteiger charge is 2.30. The van der Waals surface area contributed by atoms with E-state index in [2.05, 4.69) is 9.72 Å². The predicted molar refractivity (Wildman–Crippen MR) is 171 cm³/mol. The smallest absolute Gasteiger partial charge is 0.387 e. The largest absolute Gasteiger partial charge is 0.507 e. The van der Waals surface area contributed by atoms with Gasteiger partial charge in [-0.15, -0.1) is 0 Å². The Balaban J connectivity index is 1.34. The van der Waals surface area contributed by atoms with Crippen molar-refractivity contribution in [3.63, 3.8) is 0 Å². The van der Waals surface area contributed by atoms with Crippen molar-refractivity contribution in [1.82, 2.24) is 4.98 Å². The van der Waals surface area contributed by atoms with E-state index in [1.807, 2.05) is 0 Å². The summed E-state index contributed by atoms with van der Waals surface area (Å²) in [5.74, 6) is -2.31. The lowest BCUT2D eigenvalue weighted by atomic mass is 10.0. The summed E-state index contributed by atoms with van der Waals surface area (Å²) in [6.07, 6.45) is 6.19. The van der Waals surface area contributed by atoms with E-state index in [9.17, 15) is 31.9 Å². The summed E-state index contributed by atoms with van der Waals surface area (Å²) >= 11 is 12.7. The van der Waals surface area contributed by atoms with Gasteiger partial charge in [-0.3, -0.25) is 9.29 Å². The normalized spacial score (nSPS) is 15.1. The molecule has 2 saturated carbocycles. The Hall–Kier alpha value is -3.88. The highest BCUT2D eigenvalue weighted by molar-refractivity contribution is 7.92. The highest BCUT2D eigenvalue weighted by atomic mass is 35.5. The number of aromatic nitrogens is 1. The Labute approximate surface area is 285 Å². The van der Waals surface area contributed by atoms with Crippen LogP contribution in [0.2, 0.25) is 10.0 Å². The second-order valence-corrected chi connectivity index (χ2v) is 14.3. The lowest BCUT2D eigenvalue weighted by Crippen LogP contribution is -2.32. The van der Waals surface area contributed by atoms with Crippen LogP contribution < -0.4 is 13.8 Å². The third-order valence-corrected chi connectivity index (χ3v) is 9.49. The number of rotatable bonds is 16. The minimum Gasteiger partial charge on any atom is -0.507 e. The number of sulfonamides is 1. The Morgan fingerprint density at radius 2 is 1.71 bits per heavy atom. The van der Waals surface area contributed by atoms with E-state index in [0.29, 0.717) is 17.0 Å². The summed E-state index contributed by atoms with van der Waals surface area (Å²) in [6.45, 7) is -3.50. The Kier molecular flexibility index (Phi) is 11.2. The zero-order chi connectivity index (χ0) is 34.6. The van der Waals surface area contributed by atoms with Crippen LogP contribution in [0.25, 0.3) is 0 Å². The molecule has 0 bridgehead atoms. The molecule has 5 rings (SSSR count). The van der Waals surface area contributed by atoms with Gasteiger partial charge in [0.25, 0.3) is 0 Å². The van der Waals surface area contributed by atoms with Crippen LogP contribution in [0.5, 0.6) is 17.2 Å². The number of nitrogens with zero attached hydrogens (tertiary/aromatic N) is 2. The summed E-state index contributed by atoms with van der Waals surface area (Å²) < 4.78 is 73.5. The Morgan fingerprint density at radius 1 is 1.02 bits per heavy atom. The number of hydrogen-bond acceptors (Lipinski definition) is 10. The second-order valence-electron chi connectivity index (χ2n) is 11.6. The van der Waals surface area contributed by atoms with Crippen molar-refractivity contribution in [1.29, 1.82) is 0 Å². The van der Waals surface area contributed by atoms with Gasteiger partial charge < -0.3 is 24.1 Å². The minimum absolute atomic E-state index is 0.0132. The molecule has 1 atom stereocenters. The van der Waals surface area contributed by atoms with Crippen molar-refractivity contribution in [3.05, 3.63) is 75.5 Å². The summed E-state index contributed by atoms with van der Waals surface area (Å²) in [5.41, 5.74) is 0.485. The average Bonchev–Trinajstić information content (AvgIpc) is 3.95. The van der Waals surface area contributed by atoms with Gasteiger partial charge in [0.15, 0.2) is 18.1 Å². The monoisotopic (exact) mass is 728 g/mol. The van der Waals surface area contributed by atoms with Gasteiger partial charge in [0.2, 0.25) is 10.0 Å². The Bertz CT molecular complexity index is 1750. The maximum atomic E-state index is 13.1. The van der Waals surface area contributed by atoms with Crippen molar-refractivity contribution >= 4 is 50.9 Å². The number of phenolic OH excluding ortho intramolecular Hbond substituents is 1. The van der Waals surface area contributed by atoms with Crippen LogP contribution >= 0.6 is 23.2 Å². The zero-order valence-electron chi connectivity index (χ0n) is 25.6. The van der Waals surface area contributed by atoms with Crippen LogP contribution in [0.15, 0.2) is 48.8 Å². The fourth-order valence-electron chi connectivity index (χ4n) is 4.77. The van der Waals surface area contributed by atoms with Crippen molar-refractivity contribution in [2.45, 2.75) is 44.8 Å². The van der Waals surface area contributed by atoms with E-state index in [1.165, 1.54) is 42.7 Å². The van der Waals surface area contributed by atoms with E-state index in [4.69, 9.17) is 37.4 Å². The molecule has 1 N–H and O–H groups in total. The molecule has 0 spiro atoms. The number of halogens is 4. The van der Waals surface area contributed by atoms with Crippen LogP contribution in [0.1, 0.15) is 53.3 Å². The summed E-state index contributed by atoms with van der Waals surface area (Å²) in [7, 11) is -3.69. The molecule has 3 aromatic rings. The first-order chi connectivity index (χ1) is 22.8. The van der Waals surface area contributed by atoms with Gasteiger partial charge in [0, 0.05) is 25.4 Å². The molecule has 0 unspecified atom stereocenters. The minimum atomic E-state index is -3.69. The molecular formula is C32H32Cl2F2N2O9S. The van der Waals surface area contributed by atoms with Gasteiger partial charge in [-0.2, -0.15) is 8.78 Å². The third kappa shape index (κ3) is 9.60. The van der Waals surface area contributed by atoms with Gasteiger partial charge in [-0.05, 0) is 79.0 Å². The van der Waals surface area contributed by atoms with Gasteiger partial charge >= 0.3 is 18.6 Å². The average molecular weight is 730 g/mol. The lowest BCUT2D eigenvalue weighted by Gasteiger charge is -2.23. The molecule has 0 aliphatic heterocycles. The van der Waals surface area contributed by atoms with Crippen LogP contribution in [-0.2, 0) is 30.7 Å². The van der Waals surface area contributed by atoms with E-state index in [0.717, 1.165) is 42.3 Å². The highest BCUT2D eigenvalue weighted by Crippen LogP contribution is 2.38. The SMILES string of the molecule is CS(=O)(=O)N(CC1CC1)c1ccc(O)c(C(=O)OCC(=O)O[C@@H](Cc2c(Cl)cncc2Cl)c2ccc(OC(F)F)c(OCC3CC3)c2)c1. The zero-order valence-corrected chi connectivity index (χ0v) is 27.9. The maximum absolute atomic E-state index is 13.1. The number of carbonyl (C=O) groups excluding carboxylic acids is 2. The molecule has 11 nitrogen and oxygen atoms in total. The number of ether oxygens (including phenoxy) is 4. The molecule has 16 heteroatoms. The summed E-state index contributed by atoms with van der Waals surface area (Å²) in [6, 6.07) is 7.79. The molecule has 2 fully saturated rings. The molecule has 1 heterocycles. The number of aromatic hydroxyl groups is 1. The van der Waals surface area contributed by atoms with E-state index < -0.39 is 47.0 Å². The predicted octanol–water partition coefficient (Wildman–Crippen LogP) is 6.34. The lowest BCUT2D eigenvalue weighted by molar-refractivity contribution is -0.153. The first kappa shape index (κ1) is 35.4. The van der Waals surface area contributed by atoms with Gasteiger partial charge in [0.1, 0.15) is 17.4 Å². The summed E-state index contributed by atoms with van der Waals surface area (Å²) in [4.78, 5) is 30.0. The standard InChI is InChI=1S/C32H32Cl2F2N2O9S/c1-48(42,43)38(15-18-2-3-18)21-7-8-26(39)23(11-21)31(41)45-17-30(40)46-28(12-22-24(33)13-37-14-25(22)34)20-6-9-27(47-32(35)36)29(10-20)44-16-19-4-5-19/h6-11,13-14,18-19,28,32,39H,2-5,12,15-17H2,1H3/t28-/m0/s1. The molecule has 1 aromatic heterocycles. The van der Waals surface area contributed by atoms with Crippen molar-refractivity contribution in [3.8, 4) is 17.2 Å². The summed E-state index contributed by atoms with van der Waals surface area (Å²) in [5, 5.41) is 10.7. The first-order valence-electron chi connectivity index (χ1n) is 14.9. The Morgan fingerprint density at radius 3 is 2.33 bits per heavy atom. The van der Waals surface area contributed by atoms with Gasteiger partial charge in [-0.1, -0.05) is 29.3 Å². The third-order valence-electron chi connectivity index (χ3n) is 7.67. The number of carbonyl (C=O) groups is 2. The van der Waals surface area contributed by atoms with E-state index >= 15 is 0 Å². The van der Waals surface area contributed by atoms with E-state index in [1.54, 1.807) is 0 Å². The maximum Gasteiger partial charge on any atom is 0.387 e. The molecule has 0 radical (unpaired) electrons. The van der Waals surface area contributed by atoms with Gasteiger partial charge in [-0.25, -0.2) is 18.0 Å². The van der Waals surface area contributed by atoms with Crippen LogP contribution in [0.3, 0.4) is 0 Å². The van der Waals surface area contributed by atoms with Crippen molar-refractivity contribution in [2.24, 2.45) is 11.8 Å². The molecule has 2 aliphatic carbocycles. The van der Waals surface area contributed by atoms with E-state index in [-0.39, 0.29) is 58.3 Å². The van der Waals surface area contributed by atoms with Crippen molar-refractivity contribution < 1.29 is 50.8 Å². The van der Waals surface area contributed by atoms with Crippen LogP contribution in [0, 0.1) is 11.8 Å². The number of benzene rings is 2. The van der Waals surface area contributed by atoms with Crippen LogP contribution in [0.4, 0.5) is 14.5 Å². The molecule has 48 heavy (non-hydrogen) atoms. The molecule has 2 aromatic carbocycles. The fraction of sp³-hybridized carbons (Fsp3) is 0.406. The molecule has 0 saturated heterocycles. The number of hydrogen-bond donors (Lipinski definition) is 1. The quantitative estimate of drug-likeness (QED) is 0.166. The fourth-order valence-corrected chi connectivity index (χ4v) is 6.27. The molecule has 0 amide bonds. The topological polar surface area (TPSA) is 142 Å². The molecule has 2 aliphatic rings. The van der Waals surface area contributed by atoms with Crippen molar-refractivity contribution in [2.75, 3.05) is 30.3 Å². The number of pyridine rings is 1. The first-order valence-corrected chi connectivity index (χ1v) is 17.6. The number of esters is 2.